The maximum absolute atomic E-state index is 14.8. The van der Waals surface area contributed by atoms with E-state index < -0.39 is 19.7 Å². The molecule has 6 heteroatoms. The number of rotatable bonds is 9. The van der Waals surface area contributed by atoms with Crippen molar-refractivity contribution in [2.45, 2.75) is 103 Å². The monoisotopic (exact) mass is 429 g/mol. The number of halogens is 1. The van der Waals surface area contributed by atoms with Crippen LogP contribution in [0.4, 0.5) is 4.39 Å². The molecule has 0 amide bonds. The van der Waals surface area contributed by atoms with Gasteiger partial charge in [0, 0.05) is 16.9 Å². The van der Waals surface area contributed by atoms with E-state index in [1.165, 1.54) is 6.07 Å². The van der Waals surface area contributed by atoms with Crippen LogP contribution in [0.2, 0.25) is 16.6 Å². The molecule has 0 bridgehead atoms. The highest BCUT2D eigenvalue weighted by atomic mass is 32.2. The minimum atomic E-state index is -2.10. The van der Waals surface area contributed by atoms with Crippen molar-refractivity contribution in [2.75, 3.05) is 0 Å². The van der Waals surface area contributed by atoms with Gasteiger partial charge in [-0.3, -0.25) is 0 Å². The third-order valence-electron chi connectivity index (χ3n) is 5.64. The van der Waals surface area contributed by atoms with Gasteiger partial charge in [0.05, 0.1) is 12.6 Å². The van der Waals surface area contributed by atoms with Crippen LogP contribution in [0.1, 0.15) is 86.4 Å². The fourth-order valence-electron chi connectivity index (χ4n) is 4.23. The third-order valence-corrected chi connectivity index (χ3v) is 13.4. The average Bonchev–Trinajstić information content (AvgIpc) is 2.54. The van der Waals surface area contributed by atoms with Gasteiger partial charge in [0.2, 0.25) is 8.32 Å². The van der Waals surface area contributed by atoms with Crippen LogP contribution in [0.5, 0.6) is 0 Å². The predicted molar refractivity (Wildman–Crippen MR) is 122 cm³/mol. The fourth-order valence-corrected chi connectivity index (χ4v) is 10.4. The van der Waals surface area contributed by atoms with Gasteiger partial charge in [0.15, 0.2) is 0 Å². The van der Waals surface area contributed by atoms with Crippen LogP contribution < -0.4 is 4.72 Å². The Balaban J connectivity index is 3.18. The first kappa shape index (κ1) is 25.6. The normalized spacial score (nSPS) is 15.5. The predicted octanol–water partition coefficient (Wildman–Crippen LogP) is 6.63. The molecule has 1 aromatic carbocycles. The molecule has 1 N–H and O–H groups in total. The van der Waals surface area contributed by atoms with E-state index in [0.29, 0.717) is 22.2 Å². The Morgan fingerprint density at radius 2 is 1.54 bits per heavy atom. The zero-order valence-corrected chi connectivity index (χ0v) is 21.2. The highest BCUT2D eigenvalue weighted by Gasteiger charge is 2.45. The fraction of sp³-hybridized carbons (Fsp3) is 0.727. The number of benzene rings is 1. The van der Waals surface area contributed by atoms with E-state index in [0.717, 1.165) is 5.56 Å². The molecule has 0 radical (unpaired) electrons. The molecule has 1 rings (SSSR count). The first-order chi connectivity index (χ1) is 12.7. The number of hydrogen-bond acceptors (Lipinski definition) is 3. The minimum absolute atomic E-state index is 0.234. The summed E-state index contributed by atoms with van der Waals surface area (Å²) in [4.78, 5) is 0. The summed E-state index contributed by atoms with van der Waals surface area (Å²) in [6, 6.07) is 4.87. The van der Waals surface area contributed by atoms with E-state index in [4.69, 9.17) is 4.43 Å². The molecule has 0 heterocycles. The first-order valence-electron chi connectivity index (χ1n) is 10.3. The molecule has 2 unspecified atom stereocenters. The number of hydrogen-bond donors (Lipinski definition) is 1. The minimum Gasteiger partial charge on any atom is -0.598 e. The molecule has 0 aliphatic carbocycles. The van der Waals surface area contributed by atoms with Crippen LogP contribution in [0, 0.1) is 5.82 Å². The van der Waals surface area contributed by atoms with Crippen molar-refractivity contribution in [1.29, 1.82) is 0 Å². The van der Waals surface area contributed by atoms with Crippen molar-refractivity contribution in [3.63, 3.8) is 0 Å². The Morgan fingerprint density at radius 1 is 1.04 bits per heavy atom. The van der Waals surface area contributed by atoms with E-state index >= 15 is 0 Å². The van der Waals surface area contributed by atoms with E-state index in [2.05, 4.69) is 46.3 Å². The van der Waals surface area contributed by atoms with Gasteiger partial charge in [0.25, 0.3) is 0 Å². The Bertz CT molecular complexity index is 610. The Morgan fingerprint density at radius 3 is 1.96 bits per heavy atom. The SMILES string of the molecule is CC(N[S+]([O-])C(C)(C)C)c1cccc(F)c1CO[Si](C(C)C)(C(C)C)C(C)C. The summed E-state index contributed by atoms with van der Waals surface area (Å²) in [6.45, 7) is 21.3. The maximum Gasteiger partial charge on any atom is 0.200 e. The van der Waals surface area contributed by atoms with E-state index in [9.17, 15) is 8.94 Å². The van der Waals surface area contributed by atoms with E-state index in [-0.39, 0.29) is 23.2 Å². The average molecular weight is 430 g/mol. The molecular weight excluding hydrogens is 389 g/mol. The summed E-state index contributed by atoms with van der Waals surface area (Å²) in [7, 11) is -2.10. The second kappa shape index (κ2) is 10.1. The molecule has 0 saturated heterocycles. The number of nitrogens with one attached hydrogen (secondary N) is 1. The van der Waals surface area contributed by atoms with Crippen molar-refractivity contribution >= 4 is 19.7 Å². The summed E-state index contributed by atoms with van der Waals surface area (Å²) in [6.07, 6.45) is 0. The molecule has 2 atom stereocenters. The summed E-state index contributed by atoms with van der Waals surface area (Å²) in [5.41, 5.74) is 2.70. The molecule has 0 aliphatic rings. The molecular formula is C22H40FNO2SSi. The summed E-state index contributed by atoms with van der Waals surface area (Å²) in [5, 5.41) is 0. The van der Waals surface area contributed by atoms with E-state index in [1.54, 1.807) is 6.07 Å². The topological polar surface area (TPSA) is 44.3 Å². The van der Waals surface area contributed by atoms with Gasteiger partial charge < -0.3 is 8.98 Å². The van der Waals surface area contributed by atoms with Crippen molar-refractivity contribution in [2.24, 2.45) is 0 Å². The van der Waals surface area contributed by atoms with Crippen molar-refractivity contribution < 1.29 is 13.4 Å². The largest absolute Gasteiger partial charge is 0.598 e. The molecule has 162 valence electrons. The van der Waals surface area contributed by atoms with Crippen LogP contribution in [-0.2, 0) is 22.4 Å². The van der Waals surface area contributed by atoms with Crippen LogP contribution in [0.15, 0.2) is 18.2 Å². The summed E-state index contributed by atoms with van der Waals surface area (Å²) in [5.74, 6) is -0.258. The van der Waals surface area contributed by atoms with Crippen molar-refractivity contribution in [1.82, 2.24) is 4.72 Å². The molecule has 3 nitrogen and oxygen atoms in total. The second-order valence-corrected chi connectivity index (χ2v) is 17.1. The van der Waals surface area contributed by atoms with Gasteiger partial charge in [-0.05, 0) is 55.9 Å². The summed E-state index contributed by atoms with van der Waals surface area (Å²) >= 11 is -1.23. The molecule has 0 fully saturated rings. The lowest BCUT2D eigenvalue weighted by atomic mass is 10.0. The van der Waals surface area contributed by atoms with Crippen LogP contribution in [0.3, 0.4) is 0 Å². The van der Waals surface area contributed by atoms with Gasteiger partial charge in [-0.25, -0.2) is 4.39 Å². The molecule has 0 aromatic heterocycles. The molecule has 1 aromatic rings. The molecule has 28 heavy (non-hydrogen) atoms. The molecule has 0 spiro atoms. The first-order valence-corrected chi connectivity index (χ1v) is 13.6. The smallest absolute Gasteiger partial charge is 0.200 e. The highest BCUT2D eigenvalue weighted by molar-refractivity contribution is 7.90. The highest BCUT2D eigenvalue weighted by Crippen LogP contribution is 2.43. The standard InChI is InChI=1S/C22H40FNO2SSi/c1-15(2)28(16(3)4,17(5)6)26-14-20-19(12-11-13-21(20)23)18(7)24-27(25)22(8,9)10/h11-13,15-18,24H,14H2,1-10H3. The second-order valence-electron chi connectivity index (χ2n) is 9.63. The maximum atomic E-state index is 14.8. The lowest BCUT2D eigenvalue weighted by Gasteiger charge is -2.42. The lowest BCUT2D eigenvalue weighted by Crippen LogP contribution is -2.47. The zero-order chi connectivity index (χ0) is 21.9. The van der Waals surface area contributed by atoms with Gasteiger partial charge in [-0.15, -0.1) is 4.72 Å². The zero-order valence-electron chi connectivity index (χ0n) is 19.4. The molecule has 0 saturated carbocycles. The van der Waals surface area contributed by atoms with Gasteiger partial charge in [-0.2, -0.15) is 0 Å². The van der Waals surface area contributed by atoms with E-state index in [1.807, 2.05) is 33.8 Å². The Kier molecular flexibility index (Phi) is 9.22. The van der Waals surface area contributed by atoms with Gasteiger partial charge >= 0.3 is 0 Å². The Hall–Kier alpha value is -0.403. The van der Waals surface area contributed by atoms with Crippen molar-refractivity contribution in [3.05, 3.63) is 35.1 Å². The molecule has 0 aliphatic heterocycles. The van der Waals surface area contributed by atoms with Gasteiger partial charge in [-0.1, -0.05) is 53.7 Å². The van der Waals surface area contributed by atoms with Crippen LogP contribution >= 0.6 is 0 Å². The quantitative estimate of drug-likeness (QED) is 0.354. The summed E-state index contributed by atoms with van der Waals surface area (Å²) < 4.78 is 36.7. The third kappa shape index (κ3) is 5.82. The van der Waals surface area contributed by atoms with Crippen LogP contribution in [-0.4, -0.2) is 17.6 Å². The van der Waals surface area contributed by atoms with Crippen molar-refractivity contribution in [3.8, 4) is 0 Å². The Labute approximate surface area is 176 Å². The lowest BCUT2D eigenvalue weighted by molar-refractivity contribution is 0.259. The van der Waals surface area contributed by atoms with Gasteiger partial charge in [0.1, 0.15) is 10.6 Å². The van der Waals surface area contributed by atoms with Crippen LogP contribution in [0.25, 0.3) is 0 Å².